The maximum atomic E-state index is 10.2. The number of hydrogen-bond donors (Lipinski definition) is 2. The van der Waals surface area contributed by atoms with E-state index in [0.29, 0.717) is 0 Å². The summed E-state index contributed by atoms with van der Waals surface area (Å²) in [4.78, 5) is 14.1. The van der Waals surface area contributed by atoms with Gasteiger partial charge in [-0.15, -0.1) is 0 Å². The Morgan fingerprint density at radius 1 is 1.29 bits per heavy atom. The summed E-state index contributed by atoms with van der Waals surface area (Å²) in [6.07, 6.45) is 1.48. The van der Waals surface area contributed by atoms with Gasteiger partial charge in [-0.05, 0) is 33.6 Å². The summed E-state index contributed by atoms with van der Waals surface area (Å²) >= 11 is 0. The molecule has 14 heavy (non-hydrogen) atoms. The fourth-order valence-corrected chi connectivity index (χ4v) is 0.638. The zero-order valence-corrected chi connectivity index (χ0v) is 9.70. The fraction of sp³-hybridized carbons (Fsp3) is 0.900. The molecule has 0 aromatic carbocycles. The van der Waals surface area contributed by atoms with Crippen LogP contribution in [-0.4, -0.2) is 21.9 Å². The van der Waals surface area contributed by atoms with Crippen LogP contribution in [0.2, 0.25) is 0 Å². The van der Waals surface area contributed by atoms with Gasteiger partial charge in [0.05, 0.1) is 11.5 Å². The molecule has 0 aromatic heterocycles. The molecule has 0 heterocycles. The Bertz CT molecular complexity index is 145. The largest absolute Gasteiger partial charge is 0.481 e. The summed E-state index contributed by atoms with van der Waals surface area (Å²) in [5.74, 6) is -0.801. The second-order valence-corrected chi connectivity index (χ2v) is 4.06. The molecule has 0 aliphatic carbocycles. The van der Waals surface area contributed by atoms with E-state index in [9.17, 15) is 4.79 Å². The summed E-state index contributed by atoms with van der Waals surface area (Å²) in [6, 6.07) is 0. The second-order valence-electron chi connectivity index (χ2n) is 4.06. The summed E-state index contributed by atoms with van der Waals surface area (Å²) in [6.45, 7) is 9.09. The van der Waals surface area contributed by atoms with Gasteiger partial charge in [0.1, 0.15) is 0 Å². The molecule has 0 fully saturated rings. The predicted octanol–water partition coefficient (Wildman–Crippen LogP) is 2.78. The van der Waals surface area contributed by atoms with E-state index in [1.165, 1.54) is 0 Å². The van der Waals surface area contributed by atoms with Crippen LogP contribution in [0.3, 0.4) is 0 Å². The normalized spacial score (nSPS) is 10.8. The number of rotatable bonds is 3. The Morgan fingerprint density at radius 3 is 1.57 bits per heavy atom. The smallest absolute Gasteiger partial charge is 0.306 e. The Labute approximate surface area is 85.8 Å². The Morgan fingerprint density at radius 2 is 1.57 bits per heavy atom. The predicted molar refractivity (Wildman–Crippen MR) is 55.2 cm³/mol. The number of hydrogen-bond acceptors (Lipinski definition) is 3. The minimum atomic E-state index is -0.671. The molecule has 0 bridgehead atoms. The van der Waals surface area contributed by atoms with Crippen LogP contribution in [0.5, 0.6) is 0 Å². The van der Waals surface area contributed by atoms with Gasteiger partial charge in [0, 0.05) is 0 Å². The van der Waals surface area contributed by atoms with Crippen molar-refractivity contribution in [2.24, 2.45) is 5.92 Å². The van der Waals surface area contributed by atoms with Crippen LogP contribution in [0.1, 0.15) is 47.5 Å². The highest BCUT2D eigenvalue weighted by molar-refractivity contribution is 5.69. The second kappa shape index (κ2) is 7.76. The molecule has 4 nitrogen and oxygen atoms in total. The standard InChI is InChI=1S/C6H12O2.C4H10O2/c1-3-5(4-2)6(7)8;1-4(2,3)6-5/h5H,3-4H2,1-2H3,(H,7,8);5H,1-3H3. The molecule has 0 aliphatic heterocycles. The number of carboxylic acids is 1. The van der Waals surface area contributed by atoms with E-state index in [2.05, 4.69) is 4.89 Å². The lowest BCUT2D eigenvalue weighted by molar-refractivity contribution is -0.306. The van der Waals surface area contributed by atoms with Crippen molar-refractivity contribution in [2.75, 3.05) is 0 Å². The average molecular weight is 206 g/mol. The molecule has 0 radical (unpaired) electrons. The van der Waals surface area contributed by atoms with Crippen molar-refractivity contribution in [3.63, 3.8) is 0 Å². The van der Waals surface area contributed by atoms with Crippen molar-refractivity contribution in [3.05, 3.63) is 0 Å². The maximum absolute atomic E-state index is 10.2. The summed E-state index contributed by atoms with van der Waals surface area (Å²) in [5, 5.41) is 16.3. The molecule has 0 saturated heterocycles. The lowest BCUT2D eigenvalue weighted by atomic mass is 10.1. The van der Waals surface area contributed by atoms with Crippen LogP contribution in [0.4, 0.5) is 0 Å². The van der Waals surface area contributed by atoms with Crippen LogP contribution in [0, 0.1) is 5.92 Å². The zero-order chi connectivity index (χ0) is 11.8. The first-order valence-electron chi connectivity index (χ1n) is 4.83. The monoisotopic (exact) mass is 206 g/mol. The third-order valence-corrected chi connectivity index (χ3v) is 1.61. The Hall–Kier alpha value is -0.610. The van der Waals surface area contributed by atoms with E-state index in [-0.39, 0.29) is 5.92 Å². The first kappa shape index (κ1) is 15.8. The minimum absolute atomic E-state index is 0.130. The average Bonchev–Trinajstić information content (AvgIpc) is 2.06. The lowest BCUT2D eigenvalue weighted by Crippen LogP contribution is -2.15. The summed E-state index contributed by atoms with van der Waals surface area (Å²) in [5.41, 5.74) is -0.403. The molecular weight excluding hydrogens is 184 g/mol. The summed E-state index contributed by atoms with van der Waals surface area (Å²) < 4.78 is 0. The third kappa shape index (κ3) is 11.4. The molecule has 0 spiro atoms. The molecule has 4 heteroatoms. The summed E-state index contributed by atoms with van der Waals surface area (Å²) in [7, 11) is 0. The van der Waals surface area contributed by atoms with Crippen molar-refractivity contribution in [3.8, 4) is 0 Å². The van der Waals surface area contributed by atoms with E-state index >= 15 is 0 Å². The topological polar surface area (TPSA) is 66.8 Å². The van der Waals surface area contributed by atoms with Crippen molar-refractivity contribution >= 4 is 5.97 Å². The fourth-order valence-electron chi connectivity index (χ4n) is 0.638. The van der Waals surface area contributed by atoms with Gasteiger partial charge in [0.25, 0.3) is 0 Å². The lowest BCUT2D eigenvalue weighted by Gasteiger charge is -2.10. The highest BCUT2D eigenvalue weighted by atomic mass is 17.1. The Balaban J connectivity index is 0. The maximum Gasteiger partial charge on any atom is 0.306 e. The van der Waals surface area contributed by atoms with Gasteiger partial charge in [-0.25, -0.2) is 4.89 Å². The molecular formula is C10H22O4. The van der Waals surface area contributed by atoms with Gasteiger partial charge in [0.15, 0.2) is 0 Å². The van der Waals surface area contributed by atoms with Crippen LogP contribution in [0.15, 0.2) is 0 Å². The molecule has 2 N–H and O–H groups in total. The number of aliphatic carboxylic acids is 1. The van der Waals surface area contributed by atoms with Gasteiger partial charge in [-0.3, -0.25) is 10.1 Å². The van der Waals surface area contributed by atoms with E-state index < -0.39 is 11.6 Å². The van der Waals surface area contributed by atoms with E-state index in [0.717, 1.165) is 12.8 Å². The third-order valence-electron chi connectivity index (χ3n) is 1.61. The highest BCUT2D eigenvalue weighted by Crippen LogP contribution is 2.05. The SMILES string of the molecule is CC(C)(C)OO.CCC(CC)C(=O)O. The number of carboxylic acid groups (broad SMARTS) is 1. The Kier molecular flexibility index (Phi) is 8.79. The van der Waals surface area contributed by atoms with Crippen molar-refractivity contribution in [2.45, 2.75) is 53.1 Å². The highest BCUT2D eigenvalue weighted by Gasteiger charge is 2.10. The minimum Gasteiger partial charge on any atom is -0.481 e. The van der Waals surface area contributed by atoms with Crippen LogP contribution < -0.4 is 0 Å². The van der Waals surface area contributed by atoms with Gasteiger partial charge in [-0.1, -0.05) is 13.8 Å². The molecule has 0 amide bonds. The number of carbonyl (C=O) groups is 1. The molecule has 0 atom stereocenters. The molecule has 0 unspecified atom stereocenters. The molecule has 0 saturated carbocycles. The first-order valence-corrected chi connectivity index (χ1v) is 4.83. The molecule has 86 valence electrons. The first-order chi connectivity index (χ1) is 6.28. The van der Waals surface area contributed by atoms with Crippen LogP contribution in [-0.2, 0) is 9.68 Å². The van der Waals surface area contributed by atoms with Crippen molar-refractivity contribution in [1.29, 1.82) is 0 Å². The van der Waals surface area contributed by atoms with E-state index in [1.54, 1.807) is 20.8 Å². The van der Waals surface area contributed by atoms with Gasteiger partial charge >= 0.3 is 5.97 Å². The van der Waals surface area contributed by atoms with Crippen molar-refractivity contribution in [1.82, 2.24) is 0 Å². The molecule has 0 aliphatic rings. The van der Waals surface area contributed by atoms with E-state index in [4.69, 9.17) is 10.4 Å². The quantitative estimate of drug-likeness (QED) is 0.550. The molecule has 0 rings (SSSR count). The van der Waals surface area contributed by atoms with Gasteiger partial charge in [-0.2, -0.15) is 0 Å². The van der Waals surface area contributed by atoms with Crippen LogP contribution in [0.25, 0.3) is 0 Å². The van der Waals surface area contributed by atoms with Crippen LogP contribution >= 0.6 is 0 Å². The van der Waals surface area contributed by atoms with Gasteiger partial charge in [0.2, 0.25) is 0 Å². The van der Waals surface area contributed by atoms with Gasteiger partial charge < -0.3 is 5.11 Å². The zero-order valence-electron chi connectivity index (χ0n) is 9.70. The van der Waals surface area contributed by atoms with E-state index in [1.807, 2.05) is 13.8 Å². The van der Waals surface area contributed by atoms with Crippen molar-refractivity contribution < 1.29 is 20.0 Å². The molecule has 0 aromatic rings.